The zero-order valence-corrected chi connectivity index (χ0v) is 10.2. The number of hydrogen-bond acceptors (Lipinski definition) is 3. The van der Waals surface area contributed by atoms with Gasteiger partial charge < -0.3 is 14.6 Å². The molecule has 0 unspecified atom stereocenters. The fourth-order valence-corrected chi connectivity index (χ4v) is 1.51. The van der Waals surface area contributed by atoms with E-state index < -0.39 is 5.97 Å². The number of rotatable bonds is 7. The maximum Gasteiger partial charge on any atom is 0.341 e. The lowest BCUT2D eigenvalue weighted by Gasteiger charge is -2.10. The molecule has 1 rings (SSSR count). The van der Waals surface area contributed by atoms with E-state index in [-0.39, 0.29) is 6.61 Å². The van der Waals surface area contributed by atoms with Gasteiger partial charge in [0.25, 0.3) is 0 Å². The first kappa shape index (κ1) is 13.4. The minimum absolute atomic E-state index is 0.356. The first-order valence-corrected chi connectivity index (χ1v) is 5.69. The quantitative estimate of drug-likeness (QED) is 0.793. The van der Waals surface area contributed by atoms with Crippen LogP contribution in [0, 0.1) is 0 Å². The number of ether oxygens (including phenoxy) is 2. The van der Waals surface area contributed by atoms with Crippen molar-refractivity contribution in [2.75, 3.05) is 13.7 Å². The van der Waals surface area contributed by atoms with E-state index in [9.17, 15) is 4.79 Å². The highest BCUT2D eigenvalue weighted by molar-refractivity contribution is 5.68. The molecule has 0 fully saturated rings. The van der Waals surface area contributed by atoms with Crippen LogP contribution in [0.4, 0.5) is 0 Å². The van der Waals surface area contributed by atoms with Crippen LogP contribution in [0.15, 0.2) is 18.2 Å². The van der Waals surface area contributed by atoms with Crippen LogP contribution in [0.2, 0.25) is 0 Å². The van der Waals surface area contributed by atoms with Crippen LogP contribution in [-0.2, 0) is 11.2 Å². The average molecular weight is 238 g/mol. The molecule has 1 aromatic carbocycles. The molecule has 0 aromatic heterocycles. The van der Waals surface area contributed by atoms with Gasteiger partial charge in [-0.15, -0.1) is 0 Å². The molecule has 0 bridgehead atoms. The lowest BCUT2D eigenvalue weighted by Crippen LogP contribution is -2.10. The first-order valence-electron chi connectivity index (χ1n) is 5.69. The number of aliphatic carboxylic acids is 1. The van der Waals surface area contributed by atoms with Gasteiger partial charge in [0, 0.05) is 0 Å². The Balaban J connectivity index is 2.74. The summed E-state index contributed by atoms with van der Waals surface area (Å²) in [5.74, 6) is 0.0529. The maximum atomic E-state index is 10.4. The molecule has 0 atom stereocenters. The fourth-order valence-electron chi connectivity index (χ4n) is 1.51. The number of aryl methyl sites for hydroxylation is 1. The van der Waals surface area contributed by atoms with Gasteiger partial charge in [-0.05, 0) is 30.5 Å². The molecular weight excluding hydrogens is 220 g/mol. The lowest BCUT2D eigenvalue weighted by atomic mass is 10.1. The largest absolute Gasteiger partial charge is 0.493 e. The van der Waals surface area contributed by atoms with Crippen LogP contribution in [-0.4, -0.2) is 24.8 Å². The average Bonchev–Trinajstić information content (AvgIpc) is 2.34. The Morgan fingerprint density at radius 1 is 1.35 bits per heavy atom. The van der Waals surface area contributed by atoms with Crippen molar-refractivity contribution >= 4 is 5.97 Å². The van der Waals surface area contributed by atoms with Gasteiger partial charge >= 0.3 is 5.97 Å². The fraction of sp³-hybridized carbons (Fsp3) is 0.462. The van der Waals surface area contributed by atoms with Crippen molar-refractivity contribution in [3.63, 3.8) is 0 Å². The number of benzene rings is 1. The van der Waals surface area contributed by atoms with Gasteiger partial charge in [-0.2, -0.15) is 0 Å². The Labute approximate surface area is 101 Å². The van der Waals surface area contributed by atoms with E-state index in [1.165, 1.54) is 5.56 Å². The van der Waals surface area contributed by atoms with Gasteiger partial charge in [-0.1, -0.05) is 19.4 Å². The highest BCUT2D eigenvalue weighted by atomic mass is 16.5. The van der Waals surface area contributed by atoms with E-state index in [1.807, 2.05) is 12.1 Å². The van der Waals surface area contributed by atoms with Gasteiger partial charge in [0.05, 0.1) is 7.11 Å². The minimum atomic E-state index is -0.998. The molecule has 0 aliphatic rings. The zero-order valence-electron chi connectivity index (χ0n) is 10.2. The second kappa shape index (κ2) is 6.78. The minimum Gasteiger partial charge on any atom is -0.493 e. The van der Waals surface area contributed by atoms with Gasteiger partial charge in [0.15, 0.2) is 18.1 Å². The summed E-state index contributed by atoms with van der Waals surface area (Å²) in [5, 5.41) is 8.54. The van der Waals surface area contributed by atoms with Crippen molar-refractivity contribution in [3.05, 3.63) is 23.8 Å². The summed E-state index contributed by atoms with van der Waals surface area (Å²) < 4.78 is 10.3. The molecule has 0 aliphatic heterocycles. The number of carboxylic acid groups (broad SMARTS) is 1. The predicted molar refractivity (Wildman–Crippen MR) is 64.7 cm³/mol. The Morgan fingerprint density at radius 3 is 2.71 bits per heavy atom. The summed E-state index contributed by atoms with van der Waals surface area (Å²) in [7, 11) is 1.55. The molecule has 94 valence electrons. The molecule has 4 nitrogen and oxygen atoms in total. The number of methoxy groups -OCH3 is 1. The molecule has 1 N–H and O–H groups in total. The van der Waals surface area contributed by atoms with Gasteiger partial charge in [0.2, 0.25) is 0 Å². The van der Waals surface area contributed by atoms with E-state index in [2.05, 4.69) is 6.92 Å². The van der Waals surface area contributed by atoms with E-state index in [4.69, 9.17) is 14.6 Å². The second-order valence-electron chi connectivity index (χ2n) is 3.77. The number of carboxylic acids is 1. The molecule has 0 amide bonds. The van der Waals surface area contributed by atoms with Crippen LogP contribution in [0.3, 0.4) is 0 Å². The van der Waals surface area contributed by atoms with Crippen molar-refractivity contribution in [2.45, 2.75) is 26.2 Å². The highest BCUT2D eigenvalue weighted by Gasteiger charge is 2.07. The Bertz CT molecular complexity index is 374. The Hall–Kier alpha value is -1.71. The third-order valence-electron chi connectivity index (χ3n) is 2.40. The van der Waals surface area contributed by atoms with Crippen molar-refractivity contribution in [3.8, 4) is 11.5 Å². The highest BCUT2D eigenvalue weighted by Crippen LogP contribution is 2.28. The lowest BCUT2D eigenvalue weighted by molar-refractivity contribution is -0.139. The maximum absolute atomic E-state index is 10.4. The zero-order chi connectivity index (χ0) is 12.7. The van der Waals surface area contributed by atoms with Crippen LogP contribution in [0.5, 0.6) is 11.5 Å². The monoisotopic (exact) mass is 238 g/mol. The van der Waals surface area contributed by atoms with Crippen molar-refractivity contribution in [2.24, 2.45) is 0 Å². The summed E-state index contributed by atoms with van der Waals surface area (Å²) >= 11 is 0. The van der Waals surface area contributed by atoms with Crippen LogP contribution >= 0.6 is 0 Å². The van der Waals surface area contributed by atoms with Crippen molar-refractivity contribution in [1.29, 1.82) is 0 Å². The smallest absolute Gasteiger partial charge is 0.341 e. The molecule has 0 spiro atoms. The van der Waals surface area contributed by atoms with E-state index in [0.29, 0.717) is 11.5 Å². The van der Waals surface area contributed by atoms with Crippen LogP contribution in [0.25, 0.3) is 0 Å². The number of unbranched alkanes of at least 4 members (excludes halogenated alkanes) is 1. The summed E-state index contributed by atoms with van der Waals surface area (Å²) in [6.07, 6.45) is 3.25. The Morgan fingerprint density at radius 2 is 2.12 bits per heavy atom. The molecule has 0 saturated carbocycles. The van der Waals surface area contributed by atoms with Gasteiger partial charge in [-0.3, -0.25) is 0 Å². The molecule has 1 aromatic rings. The van der Waals surface area contributed by atoms with Crippen LogP contribution in [0.1, 0.15) is 25.3 Å². The number of hydrogen-bond donors (Lipinski definition) is 1. The second-order valence-corrected chi connectivity index (χ2v) is 3.77. The normalized spacial score (nSPS) is 10.0. The molecule has 4 heteroatoms. The first-order chi connectivity index (χ1) is 8.17. The topological polar surface area (TPSA) is 55.8 Å². The summed E-state index contributed by atoms with van der Waals surface area (Å²) in [6.45, 7) is 1.78. The summed E-state index contributed by atoms with van der Waals surface area (Å²) in [6, 6.07) is 5.59. The third-order valence-corrected chi connectivity index (χ3v) is 2.40. The van der Waals surface area contributed by atoms with E-state index in [0.717, 1.165) is 19.3 Å². The third kappa shape index (κ3) is 4.34. The van der Waals surface area contributed by atoms with Crippen molar-refractivity contribution < 1.29 is 19.4 Å². The molecule has 0 radical (unpaired) electrons. The van der Waals surface area contributed by atoms with E-state index in [1.54, 1.807) is 13.2 Å². The summed E-state index contributed by atoms with van der Waals surface area (Å²) in [5.41, 5.74) is 1.17. The molecule has 0 heterocycles. The van der Waals surface area contributed by atoms with Gasteiger partial charge in [0.1, 0.15) is 0 Å². The van der Waals surface area contributed by atoms with Crippen molar-refractivity contribution in [1.82, 2.24) is 0 Å². The van der Waals surface area contributed by atoms with Crippen LogP contribution < -0.4 is 9.47 Å². The predicted octanol–water partition coefficient (Wildman–Crippen LogP) is 2.50. The Kier molecular flexibility index (Phi) is 5.33. The molecule has 17 heavy (non-hydrogen) atoms. The summed E-state index contributed by atoms with van der Waals surface area (Å²) in [4.78, 5) is 10.4. The molecular formula is C13H18O4. The SMILES string of the molecule is CCCCc1ccc(OCC(=O)O)c(OC)c1. The molecule has 0 saturated heterocycles. The van der Waals surface area contributed by atoms with E-state index >= 15 is 0 Å². The standard InChI is InChI=1S/C13H18O4/c1-3-4-5-10-6-7-11(12(8-10)16-2)17-9-13(14)15/h6-8H,3-5,9H2,1-2H3,(H,14,15). The number of carbonyl (C=O) groups is 1. The van der Waals surface area contributed by atoms with Gasteiger partial charge in [-0.25, -0.2) is 4.79 Å². The molecule has 0 aliphatic carbocycles.